The van der Waals surface area contributed by atoms with Crippen molar-refractivity contribution in [2.75, 3.05) is 36.8 Å². The number of carbonyl (C=O) groups excluding carboxylic acids is 1. The SMILES string of the molecule is O=C(CSc1ccccn1)N1CCN(c2cccc[nH+]2)CC1. The van der Waals surface area contributed by atoms with Crippen molar-refractivity contribution in [3.8, 4) is 0 Å². The molecule has 0 spiro atoms. The summed E-state index contributed by atoms with van der Waals surface area (Å²) in [5.74, 6) is 1.75. The molecule has 1 aliphatic rings. The van der Waals surface area contributed by atoms with Gasteiger partial charge in [-0.05, 0) is 18.2 Å². The molecule has 0 atom stereocenters. The summed E-state index contributed by atoms with van der Waals surface area (Å²) in [5, 5.41) is 0.897. The van der Waals surface area contributed by atoms with Crippen molar-refractivity contribution in [3.63, 3.8) is 0 Å². The van der Waals surface area contributed by atoms with Crippen LogP contribution in [0.25, 0.3) is 0 Å². The van der Waals surface area contributed by atoms with E-state index < -0.39 is 0 Å². The van der Waals surface area contributed by atoms with Gasteiger partial charge in [0, 0.05) is 12.3 Å². The second-order valence-corrected chi connectivity index (χ2v) is 6.07. The van der Waals surface area contributed by atoms with E-state index in [-0.39, 0.29) is 5.91 Å². The van der Waals surface area contributed by atoms with Crippen LogP contribution in [0.4, 0.5) is 5.82 Å². The van der Waals surface area contributed by atoms with Crippen molar-refractivity contribution in [1.29, 1.82) is 0 Å². The Bertz CT molecular complexity index is 600. The van der Waals surface area contributed by atoms with E-state index in [1.165, 1.54) is 11.8 Å². The molecule has 2 aromatic heterocycles. The largest absolute Gasteiger partial charge is 0.334 e. The van der Waals surface area contributed by atoms with Crippen LogP contribution >= 0.6 is 11.8 Å². The van der Waals surface area contributed by atoms with Gasteiger partial charge in [-0.25, -0.2) is 9.97 Å². The van der Waals surface area contributed by atoms with Gasteiger partial charge < -0.3 is 4.90 Å². The van der Waals surface area contributed by atoms with Crippen LogP contribution < -0.4 is 9.88 Å². The van der Waals surface area contributed by atoms with E-state index in [1.54, 1.807) is 6.20 Å². The second-order valence-electron chi connectivity index (χ2n) is 5.07. The summed E-state index contributed by atoms with van der Waals surface area (Å²) in [6.07, 6.45) is 3.68. The van der Waals surface area contributed by atoms with Gasteiger partial charge in [-0.1, -0.05) is 23.9 Å². The first kappa shape index (κ1) is 14.8. The molecule has 1 N–H and O–H groups in total. The highest BCUT2D eigenvalue weighted by atomic mass is 32.2. The number of piperazine rings is 1. The number of anilines is 1. The molecule has 1 saturated heterocycles. The highest BCUT2D eigenvalue weighted by molar-refractivity contribution is 7.99. The Hall–Kier alpha value is -2.08. The second kappa shape index (κ2) is 7.26. The fourth-order valence-electron chi connectivity index (χ4n) is 2.44. The quantitative estimate of drug-likeness (QED) is 0.799. The van der Waals surface area contributed by atoms with E-state index in [0.717, 1.165) is 37.0 Å². The standard InChI is InChI=1S/C16H18N4OS/c21-16(13-22-15-6-2-4-8-18-15)20-11-9-19(10-12-20)14-5-1-3-7-17-14/h1-8H,9-13H2/p+1. The molecule has 0 radical (unpaired) electrons. The number of hydrogen-bond acceptors (Lipinski definition) is 4. The van der Waals surface area contributed by atoms with Crippen molar-refractivity contribution in [2.45, 2.75) is 5.03 Å². The maximum atomic E-state index is 12.3. The van der Waals surface area contributed by atoms with Crippen molar-refractivity contribution < 1.29 is 9.78 Å². The van der Waals surface area contributed by atoms with Crippen LogP contribution in [-0.2, 0) is 4.79 Å². The molecule has 2 aromatic rings. The number of aromatic amines is 1. The Labute approximate surface area is 134 Å². The molecular formula is C16H19N4OS+. The van der Waals surface area contributed by atoms with E-state index >= 15 is 0 Å². The molecule has 0 aliphatic carbocycles. The Balaban J connectivity index is 1.48. The van der Waals surface area contributed by atoms with Crippen LogP contribution in [0, 0.1) is 0 Å². The summed E-state index contributed by atoms with van der Waals surface area (Å²) >= 11 is 1.50. The maximum absolute atomic E-state index is 12.3. The smallest absolute Gasteiger partial charge is 0.274 e. The van der Waals surface area contributed by atoms with E-state index in [0.29, 0.717) is 5.75 Å². The number of pyridine rings is 2. The van der Waals surface area contributed by atoms with Gasteiger partial charge in [-0.15, -0.1) is 0 Å². The number of thioether (sulfide) groups is 1. The highest BCUT2D eigenvalue weighted by Gasteiger charge is 2.25. The van der Waals surface area contributed by atoms with Gasteiger partial charge in [0.05, 0.1) is 30.1 Å². The minimum Gasteiger partial charge on any atom is -0.334 e. The summed E-state index contributed by atoms with van der Waals surface area (Å²) in [4.78, 5) is 23.9. The fraction of sp³-hybridized carbons (Fsp3) is 0.312. The summed E-state index contributed by atoms with van der Waals surface area (Å²) in [7, 11) is 0. The highest BCUT2D eigenvalue weighted by Crippen LogP contribution is 2.16. The predicted molar refractivity (Wildman–Crippen MR) is 86.8 cm³/mol. The zero-order valence-electron chi connectivity index (χ0n) is 12.3. The Morgan fingerprint density at radius 3 is 2.64 bits per heavy atom. The van der Waals surface area contributed by atoms with Gasteiger partial charge in [-0.2, -0.15) is 0 Å². The Morgan fingerprint density at radius 2 is 1.95 bits per heavy atom. The van der Waals surface area contributed by atoms with E-state index in [2.05, 4.69) is 20.9 Å². The lowest BCUT2D eigenvalue weighted by atomic mass is 10.3. The number of aromatic nitrogens is 2. The van der Waals surface area contributed by atoms with Crippen molar-refractivity contribution >= 4 is 23.5 Å². The summed E-state index contributed by atoms with van der Waals surface area (Å²) in [5.41, 5.74) is 0. The van der Waals surface area contributed by atoms with Gasteiger partial charge in [-0.3, -0.25) is 9.69 Å². The van der Waals surface area contributed by atoms with Crippen molar-refractivity contribution in [3.05, 3.63) is 48.8 Å². The molecule has 1 aliphatic heterocycles. The first-order valence-electron chi connectivity index (χ1n) is 7.36. The van der Waals surface area contributed by atoms with E-state index in [1.807, 2.05) is 41.4 Å². The molecule has 0 aromatic carbocycles. The molecule has 3 heterocycles. The predicted octanol–water partition coefficient (Wildman–Crippen LogP) is 1.34. The molecule has 1 fully saturated rings. The van der Waals surface area contributed by atoms with Crippen LogP contribution in [0.5, 0.6) is 0 Å². The van der Waals surface area contributed by atoms with E-state index in [4.69, 9.17) is 0 Å². The van der Waals surface area contributed by atoms with Crippen LogP contribution in [0.1, 0.15) is 0 Å². The van der Waals surface area contributed by atoms with Crippen LogP contribution in [0.15, 0.2) is 53.8 Å². The first-order valence-corrected chi connectivity index (χ1v) is 8.35. The third-order valence-electron chi connectivity index (χ3n) is 3.65. The maximum Gasteiger partial charge on any atom is 0.274 e. The molecule has 0 bridgehead atoms. The van der Waals surface area contributed by atoms with Gasteiger partial charge in [0.25, 0.3) is 5.82 Å². The molecule has 22 heavy (non-hydrogen) atoms. The normalized spacial score (nSPS) is 14.9. The lowest BCUT2D eigenvalue weighted by Crippen LogP contribution is -2.50. The molecule has 3 rings (SSSR count). The molecule has 0 unspecified atom stereocenters. The number of amides is 1. The molecule has 1 amide bonds. The average molecular weight is 315 g/mol. The monoisotopic (exact) mass is 315 g/mol. The molecular weight excluding hydrogens is 296 g/mol. The number of rotatable bonds is 4. The first-order chi connectivity index (χ1) is 10.8. The minimum atomic E-state index is 0.187. The van der Waals surface area contributed by atoms with Crippen molar-refractivity contribution in [2.24, 2.45) is 0 Å². The minimum absolute atomic E-state index is 0.187. The van der Waals surface area contributed by atoms with Crippen molar-refractivity contribution in [1.82, 2.24) is 9.88 Å². The average Bonchev–Trinajstić information content (AvgIpc) is 2.61. The Kier molecular flexibility index (Phi) is 4.90. The topological polar surface area (TPSA) is 50.6 Å². The number of carbonyl (C=O) groups is 1. The van der Waals surface area contributed by atoms with Gasteiger partial charge in [0.2, 0.25) is 5.91 Å². The summed E-state index contributed by atoms with van der Waals surface area (Å²) in [6.45, 7) is 3.26. The lowest BCUT2D eigenvalue weighted by molar-refractivity contribution is -0.364. The van der Waals surface area contributed by atoms with Gasteiger partial charge >= 0.3 is 0 Å². The zero-order chi connectivity index (χ0) is 15.2. The number of nitrogens with zero attached hydrogens (tertiary/aromatic N) is 3. The number of hydrogen-bond donors (Lipinski definition) is 0. The van der Waals surface area contributed by atoms with Gasteiger partial charge in [0.15, 0.2) is 0 Å². The van der Waals surface area contributed by atoms with Crippen LogP contribution in [0.3, 0.4) is 0 Å². The van der Waals surface area contributed by atoms with Gasteiger partial charge in [0.1, 0.15) is 13.1 Å². The molecule has 5 nitrogen and oxygen atoms in total. The molecule has 0 saturated carbocycles. The Morgan fingerprint density at radius 1 is 1.14 bits per heavy atom. The fourth-order valence-corrected chi connectivity index (χ4v) is 3.20. The third-order valence-corrected chi connectivity index (χ3v) is 4.58. The summed E-state index contributed by atoms with van der Waals surface area (Å²) < 4.78 is 0. The lowest BCUT2D eigenvalue weighted by Gasteiger charge is -2.30. The molecule has 6 heteroatoms. The zero-order valence-corrected chi connectivity index (χ0v) is 13.1. The molecule has 114 valence electrons. The number of nitrogens with one attached hydrogen (secondary N) is 1. The summed E-state index contributed by atoms with van der Waals surface area (Å²) in [6, 6.07) is 11.8. The third kappa shape index (κ3) is 3.76. The van der Waals surface area contributed by atoms with Crippen LogP contribution in [-0.4, -0.2) is 47.7 Å². The van der Waals surface area contributed by atoms with Crippen LogP contribution in [0.2, 0.25) is 0 Å². The van der Waals surface area contributed by atoms with E-state index in [9.17, 15) is 4.79 Å². The number of H-pyrrole nitrogens is 1.